The summed E-state index contributed by atoms with van der Waals surface area (Å²) in [5, 5.41) is 10.4. The zero-order valence-electron chi connectivity index (χ0n) is 11.4. The molecular weight excluding hydrogens is 246 g/mol. The molecule has 1 saturated carbocycles. The molecule has 19 heavy (non-hydrogen) atoms. The van der Waals surface area contributed by atoms with E-state index in [9.17, 15) is 13.9 Å². The normalized spacial score (nSPS) is 25.3. The summed E-state index contributed by atoms with van der Waals surface area (Å²) in [7, 11) is 0. The number of benzene rings is 1. The Balaban J connectivity index is 2.07. The van der Waals surface area contributed by atoms with Crippen molar-refractivity contribution in [2.45, 2.75) is 51.6 Å². The van der Waals surface area contributed by atoms with Crippen LogP contribution in [0.1, 0.15) is 44.6 Å². The third-order valence-corrected chi connectivity index (χ3v) is 4.45. The fraction of sp³-hybridized carbons (Fsp3) is 0.625. The van der Waals surface area contributed by atoms with Gasteiger partial charge in [0.2, 0.25) is 0 Å². The van der Waals surface area contributed by atoms with E-state index in [4.69, 9.17) is 0 Å². The van der Waals surface area contributed by atoms with Gasteiger partial charge in [-0.3, -0.25) is 0 Å². The Hall–Kier alpha value is -0.960. The van der Waals surface area contributed by atoms with Crippen LogP contribution in [0.25, 0.3) is 0 Å². The first kappa shape index (κ1) is 14.4. The van der Waals surface area contributed by atoms with Crippen LogP contribution in [0.5, 0.6) is 0 Å². The van der Waals surface area contributed by atoms with Crippen LogP contribution >= 0.6 is 0 Å². The van der Waals surface area contributed by atoms with Gasteiger partial charge in [0.1, 0.15) is 0 Å². The Morgan fingerprint density at radius 2 is 2.00 bits per heavy atom. The molecule has 0 spiro atoms. The highest BCUT2D eigenvalue weighted by molar-refractivity contribution is 5.19. The lowest BCUT2D eigenvalue weighted by molar-refractivity contribution is 0.0458. The van der Waals surface area contributed by atoms with Gasteiger partial charge in [-0.05, 0) is 29.9 Å². The van der Waals surface area contributed by atoms with Crippen molar-refractivity contribution >= 4 is 0 Å². The molecule has 1 aliphatic carbocycles. The highest BCUT2D eigenvalue weighted by atomic mass is 19.2. The van der Waals surface area contributed by atoms with Crippen molar-refractivity contribution in [2.24, 2.45) is 11.8 Å². The zero-order valence-corrected chi connectivity index (χ0v) is 11.4. The van der Waals surface area contributed by atoms with Crippen LogP contribution < -0.4 is 0 Å². The first-order valence-corrected chi connectivity index (χ1v) is 7.24. The average Bonchev–Trinajstić information content (AvgIpc) is 2.43. The van der Waals surface area contributed by atoms with Crippen molar-refractivity contribution in [3.05, 3.63) is 35.4 Å². The van der Waals surface area contributed by atoms with E-state index in [1.807, 2.05) is 0 Å². The molecule has 0 aliphatic heterocycles. The predicted molar refractivity (Wildman–Crippen MR) is 71.8 cm³/mol. The van der Waals surface area contributed by atoms with Crippen molar-refractivity contribution < 1.29 is 13.9 Å². The summed E-state index contributed by atoms with van der Waals surface area (Å²) >= 11 is 0. The molecule has 1 N–H and O–H groups in total. The molecule has 0 bridgehead atoms. The molecular formula is C16H22F2O. The van der Waals surface area contributed by atoms with E-state index in [2.05, 4.69) is 6.92 Å². The summed E-state index contributed by atoms with van der Waals surface area (Å²) in [4.78, 5) is 0. The van der Waals surface area contributed by atoms with Crippen LogP contribution in [0.3, 0.4) is 0 Å². The van der Waals surface area contributed by atoms with Gasteiger partial charge in [0.25, 0.3) is 0 Å². The molecule has 0 heterocycles. The number of hydrogen-bond acceptors (Lipinski definition) is 1. The summed E-state index contributed by atoms with van der Waals surface area (Å²) in [6.45, 7) is 2.14. The van der Waals surface area contributed by atoms with Crippen molar-refractivity contribution in [1.82, 2.24) is 0 Å². The Morgan fingerprint density at radius 1 is 1.26 bits per heavy atom. The maximum Gasteiger partial charge on any atom is 0.162 e. The molecule has 1 fully saturated rings. The fourth-order valence-corrected chi connectivity index (χ4v) is 3.33. The van der Waals surface area contributed by atoms with Gasteiger partial charge in [0.15, 0.2) is 11.6 Å². The highest BCUT2D eigenvalue weighted by Crippen LogP contribution is 2.35. The summed E-state index contributed by atoms with van der Waals surface area (Å²) in [5.74, 6) is -0.910. The molecule has 0 saturated heterocycles. The first-order chi connectivity index (χ1) is 9.13. The summed E-state index contributed by atoms with van der Waals surface area (Å²) in [6.07, 6.45) is 5.18. The molecule has 3 heteroatoms. The second-order valence-corrected chi connectivity index (χ2v) is 5.60. The Labute approximate surface area is 113 Å². The van der Waals surface area contributed by atoms with E-state index >= 15 is 0 Å². The van der Waals surface area contributed by atoms with Gasteiger partial charge in [-0.2, -0.15) is 0 Å². The summed E-state index contributed by atoms with van der Waals surface area (Å²) in [6, 6.07) is 4.17. The van der Waals surface area contributed by atoms with Gasteiger partial charge in [-0.25, -0.2) is 8.78 Å². The van der Waals surface area contributed by atoms with Gasteiger partial charge in [-0.15, -0.1) is 0 Å². The second-order valence-electron chi connectivity index (χ2n) is 5.60. The van der Waals surface area contributed by atoms with E-state index in [0.717, 1.165) is 31.7 Å². The molecule has 0 aromatic heterocycles. The molecule has 2 rings (SSSR count). The average molecular weight is 268 g/mol. The molecule has 106 valence electrons. The van der Waals surface area contributed by atoms with Gasteiger partial charge in [0.05, 0.1) is 6.10 Å². The minimum absolute atomic E-state index is 0.213. The largest absolute Gasteiger partial charge is 0.392 e. The van der Waals surface area contributed by atoms with Crippen LogP contribution in [0.4, 0.5) is 8.78 Å². The smallest absolute Gasteiger partial charge is 0.162 e. The van der Waals surface area contributed by atoms with Crippen LogP contribution in [0.2, 0.25) is 0 Å². The Bertz CT molecular complexity index is 419. The van der Waals surface area contributed by atoms with E-state index < -0.39 is 17.7 Å². The fourth-order valence-electron chi connectivity index (χ4n) is 3.33. The summed E-state index contributed by atoms with van der Waals surface area (Å²) in [5.41, 5.74) is 0.285. The first-order valence-electron chi connectivity index (χ1n) is 7.24. The molecule has 1 aromatic carbocycles. The molecule has 0 radical (unpaired) electrons. The predicted octanol–water partition coefficient (Wildman–Crippen LogP) is 4.08. The van der Waals surface area contributed by atoms with Crippen molar-refractivity contribution in [3.8, 4) is 0 Å². The van der Waals surface area contributed by atoms with Crippen LogP contribution in [0.15, 0.2) is 18.2 Å². The van der Waals surface area contributed by atoms with Gasteiger partial charge >= 0.3 is 0 Å². The number of aliphatic hydroxyl groups excluding tert-OH is 1. The third-order valence-electron chi connectivity index (χ3n) is 4.45. The maximum atomic E-state index is 13.6. The SMILES string of the molecule is CCC1CCCCC1C(O)Cc1cccc(F)c1F. The topological polar surface area (TPSA) is 20.2 Å². The van der Waals surface area contributed by atoms with E-state index in [1.54, 1.807) is 6.07 Å². The molecule has 1 aliphatic rings. The molecule has 1 aromatic rings. The zero-order chi connectivity index (χ0) is 13.8. The third kappa shape index (κ3) is 3.33. The Morgan fingerprint density at radius 3 is 2.74 bits per heavy atom. The van der Waals surface area contributed by atoms with Crippen LogP contribution in [-0.4, -0.2) is 11.2 Å². The van der Waals surface area contributed by atoms with Crippen LogP contribution in [-0.2, 0) is 6.42 Å². The maximum absolute atomic E-state index is 13.6. The number of rotatable bonds is 4. The van der Waals surface area contributed by atoms with Crippen molar-refractivity contribution in [1.29, 1.82) is 0 Å². The minimum Gasteiger partial charge on any atom is -0.392 e. The van der Waals surface area contributed by atoms with Crippen molar-refractivity contribution in [2.75, 3.05) is 0 Å². The lowest BCUT2D eigenvalue weighted by atomic mass is 9.74. The van der Waals surface area contributed by atoms with E-state index in [0.29, 0.717) is 5.92 Å². The Kier molecular flexibility index (Phi) is 4.92. The number of hydrogen-bond donors (Lipinski definition) is 1. The second kappa shape index (κ2) is 6.47. The lowest BCUT2D eigenvalue weighted by Gasteiger charge is -2.34. The lowest BCUT2D eigenvalue weighted by Crippen LogP contribution is -2.32. The van der Waals surface area contributed by atoms with Gasteiger partial charge in [0, 0.05) is 6.42 Å². The van der Waals surface area contributed by atoms with Gasteiger partial charge < -0.3 is 5.11 Å². The number of halogens is 2. The highest BCUT2D eigenvalue weighted by Gasteiger charge is 2.30. The quantitative estimate of drug-likeness (QED) is 0.872. The monoisotopic (exact) mass is 268 g/mol. The van der Waals surface area contributed by atoms with E-state index in [1.165, 1.54) is 12.5 Å². The van der Waals surface area contributed by atoms with Crippen molar-refractivity contribution in [3.63, 3.8) is 0 Å². The van der Waals surface area contributed by atoms with Gasteiger partial charge in [-0.1, -0.05) is 44.7 Å². The molecule has 3 unspecified atom stereocenters. The summed E-state index contributed by atoms with van der Waals surface area (Å²) < 4.78 is 26.8. The molecule has 0 amide bonds. The minimum atomic E-state index is -0.833. The molecule has 3 atom stereocenters. The van der Waals surface area contributed by atoms with E-state index in [-0.39, 0.29) is 17.9 Å². The standard InChI is InChI=1S/C16H22F2O/c1-2-11-6-3-4-8-13(11)15(19)10-12-7-5-9-14(17)16(12)18/h5,7,9,11,13,15,19H,2-4,6,8,10H2,1H3. The van der Waals surface area contributed by atoms with Crippen LogP contribution in [0, 0.1) is 23.5 Å². The molecule has 1 nitrogen and oxygen atoms in total. The number of aliphatic hydroxyl groups is 1.